The van der Waals surface area contributed by atoms with Gasteiger partial charge in [-0.25, -0.2) is 14.1 Å². The first-order valence-electron chi connectivity index (χ1n) is 10.8. The number of nitrogens with one attached hydrogen (secondary N) is 1. The predicted octanol–water partition coefficient (Wildman–Crippen LogP) is 4.83. The Morgan fingerprint density at radius 1 is 1.00 bits per heavy atom. The van der Waals surface area contributed by atoms with Gasteiger partial charge >= 0.3 is 15.5 Å². The molecule has 1 aromatic heterocycles. The van der Waals surface area contributed by atoms with Crippen molar-refractivity contribution in [2.75, 3.05) is 6.61 Å². The van der Waals surface area contributed by atoms with Crippen LogP contribution in [0.2, 0.25) is 0 Å². The molecule has 0 aliphatic heterocycles. The number of alkyl halides is 3. The second-order valence-corrected chi connectivity index (χ2v) is 9.85. The number of carbonyl (C=O) groups excluding carboxylic acids is 1. The molecule has 0 saturated heterocycles. The number of aromatic nitrogens is 1. The van der Waals surface area contributed by atoms with Gasteiger partial charge in [-0.3, -0.25) is 4.79 Å². The summed E-state index contributed by atoms with van der Waals surface area (Å²) in [4.78, 5) is 16.1. The molecule has 0 atom stereocenters. The largest absolute Gasteiger partial charge is 0.516 e. The van der Waals surface area contributed by atoms with E-state index in [2.05, 4.69) is 4.98 Å². The van der Waals surface area contributed by atoms with Gasteiger partial charge in [0.15, 0.2) is 0 Å². The van der Waals surface area contributed by atoms with Crippen molar-refractivity contribution in [2.45, 2.75) is 25.0 Å². The number of rotatable bonds is 9. The standard InChI is InChI=1S/C24H20F4N2O5S/c25-20-9-19(18-7-8-22(29-12-18)35-14-15-1-2-15)10-21(11-20)34-13-16-3-5-17(6-4-16)23(31)30-36(32,33)24(26,27)28/h3-12,15H,1-2,13-14H2,(H,30,31). The Kier molecular flexibility index (Phi) is 7.16. The molecule has 1 heterocycles. The van der Waals surface area contributed by atoms with Gasteiger partial charge in [0.2, 0.25) is 5.88 Å². The third-order valence-corrected chi connectivity index (χ3v) is 6.32. The van der Waals surface area contributed by atoms with Crippen molar-refractivity contribution in [2.24, 2.45) is 5.92 Å². The molecule has 2 aromatic carbocycles. The van der Waals surface area contributed by atoms with Gasteiger partial charge in [0.25, 0.3) is 5.91 Å². The monoisotopic (exact) mass is 524 g/mol. The van der Waals surface area contributed by atoms with Crippen LogP contribution in [0.5, 0.6) is 11.6 Å². The topological polar surface area (TPSA) is 94.6 Å². The lowest BCUT2D eigenvalue weighted by Crippen LogP contribution is -2.40. The Hall–Kier alpha value is -3.67. The van der Waals surface area contributed by atoms with E-state index in [1.807, 2.05) is 0 Å². The smallest absolute Gasteiger partial charge is 0.489 e. The van der Waals surface area contributed by atoms with Crippen LogP contribution in [0.15, 0.2) is 60.8 Å². The molecule has 0 spiro atoms. The van der Waals surface area contributed by atoms with Crippen LogP contribution in [0.3, 0.4) is 0 Å². The molecule has 0 unspecified atom stereocenters. The zero-order valence-corrected chi connectivity index (χ0v) is 19.4. The highest BCUT2D eigenvalue weighted by Gasteiger charge is 2.47. The number of carbonyl (C=O) groups is 1. The van der Waals surface area contributed by atoms with Crippen molar-refractivity contribution < 1.29 is 40.2 Å². The molecule has 4 rings (SSSR count). The second kappa shape index (κ2) is 10.1. The number of ether oxygens (including phenoxy) is 2. The molecule has 1 aliphatic carbocycles. The SMILES string of the molecule is O=C(NS(=O)(=O)C(F)(F)F)c1ccc(COc2cc(F)cc(-c3ccc(OCC4CC4)nc3)c2)cc1. The summed E-state index contributed by atoms with van der Waals surface area (Å²) >= 11 is 0. The third-order valence-electron chi connectivity index (χ3n) is 5.26. The average molecular weight is 524 g/mol. The summed E-state index contributed by atoms with van der Waals surface area (Å²) in [6.45, 7) is 0.584. The summed E-state index contributed by atoms with van der Waals surface area (Å²) in [5.41, 5.74) is -4.21. The highest BCUT2D eigenvalue weighted by atomic mass is 32.2. The quantitative estimate of drug-likeness (QED) is 0.403. The lowest BCUT2D eigenvalue weighted by molar-refractivity contribution is -0.0446. The lowest BCUT2D eigenvalue weighted by Gasteiger charge is -2.11. The number of halogens is 4. The van der Waals surface area contributed by atoms with Crippen molar-refractivity contribution in [1.82, 2.24) is 9.71 Å². The Labute approximate surface area is 204 Å². The number of amides is 1. The minimum atomic E-state index is -5.81. The molecule has 0 radical (unpaired) electrons. The summed E-state index contributed by atoms with van der Waals surface area (Å²) in [5, 5.41) is 0. The molecule has 1 amide bonds. The van der Waals surface area contributed by atoms with Crippen LogP contribution in [0.25, 0.3) is 11.1 Å². The van der Waals surface area contributed by atoms with Gasteiger partial charge < -0.3 is 9.47 Å². The van der Waals surface area contributed by atoms with E-state index in [1.165, 1.54) is 24.3 Å². The molecular formula is C24H20F4N2O5S. The number of nitrogens with zero attached hydrogens (tertiary/aromatic N) is 1. The van der Waals surface area contributed by atoms with Gasteiger partial charge in [0.05, 0.1) is 6.61 Å². The van der Waals surface area contributed by atoms with Gasteiger partial charge in [0.1, 0.15) is 18.2 Å². The number of hydrogen-bond acceptors (Lipinski definition) is 6. The van der Waals surface area contributed by atoms with Gasteiger partial charge in [-0.1, -0.05) is 12.1 Å². The maximum Gasteiger partial charge on any atom is 0.516 e. The molecule has 3 aromatic rings. The first-order chi connectivity index (χ1) is 17.0. The first kappa shape index (κ1) is 25.4. The third kappa shape index (κ3) is 6.51. The number of pyridine rings is 1. The van der Waals surface area contributed by atoms with Gasteiger partial charge in [-0.2, -0.15) is 21.6 Å². The summed E-state index contributed by atoms with van der Waals surface area (Å²) in [7, 11) is -5.81. The van der Waals surface area contributed by atoms with Crippen LogP contribution in [-0.4, -0.2) is 31.4 Å². The summed E-state index contributed by atoms with van der Waals surface area (Å²) < 4.78 is 85.8. The molecule has 7 nitrogen and oxygen atoms in total. The maximum atomic E-state index is 14.2. The zero-order valence-electron chi connectivity index (χ0n) is 18.6. The van der Waals surface area contributed by atoms with Crippen molar-refractivity contribution in [3.8, 4) is 22.8 Å². The van der Waals surface area contributed by atoms with Crippen molar-refractivity contribution in [3.63, 3.8) is 0 Å². The minimum Gasteiger partial charge on any atom is -0.489 e. The van der Waals surface area contributed by atoms with E-state index in [0.717, 1.165) is 29.7 Å². The van der Waals surface area contributed by atoms with Crippen molar-refractivity contribution >= 4 is 15.9 Å². The summed E-state index contributed by atoms with van der Waals surface area (Å²) in [6, 6.07) is 12.7. The molecule has 1 N–H and O–H groups in total. The van der Waals surface area contributed by atoms with E-state index < -0.39 is 27.3 Å². The number of benzene rings is 2. The summed E-state index contributed by atoms with van der Waals surface area (Å²) in [5.74, 6) is -0.654. The van der Waals surface area contributed by atoms with Crippen LogP contribution in [-0.2, 0) is 16.6 Å². The van der Waals surface area contributed by atoms with Crippen molar-refractivity contribution in [1.29, 1.82) is 0 Å². The molecule has 12 heteroatoms. The second-order valence-electron chi connectivity index (χ2n) is 8.18. The number of sulfonamides is 1. The molecular weight excluding hydrogens is 504 g/mol. The summed E-state index contributed by atoms with van der Waals surface area (Å²) in [6.07, 6.45) is 3.90. The number of hydrogen-bond donors (Lipinski definition) is 1. The molecule has 190 valence electrons. The Balaban J connectivity index is 1.38. The Bertz CT molecular complexity index is 1340. The average Bonchev–Trinajstić information content (AvgIpc) is 3.65. The molecule has 36 heavy (non-hydrogen) atoms. The predicted molar refractivity (Wildman–Crippen MR) is 121 cm³/mol. The Morgan fingerprint density at radius 2 is 1.72 bits per heavy atom. The maximum absolute atomic E-state index is 14.2. The minimum absolute atomic E-state index is 0.0438. The van der Waals surface area contributed by atoms with Crippen LogP contribution in [0, 0.1) is 11.7 Å². The molecule has 1 fully saturated rings. The van der Waals surface area contributed by atoms with E-state index in [-0.39, 0.29) is 17.9 Å². The highest BCUT2D eigenvalue weighted by Crippen LogP contribution is 2.30. The van der Waals surface area contributed by atoms with Gasteiger partial charge in [-0.15, -0.1) is 0 Å². The molecule has 1 saturated carbocycles. The van der Waals surface area contributed by atoms with Crippen LogP contribution < -0.4 is 14.2 Å². The lowest BCUT2D eigenvalue weighted by atomic mass is 10.1. The van der Waals surface area contributed by atoms with E-state index in [0.29, 0.717) is 35.1 Å². The van der Waals surface area contributed by atoms with E-state index in [9.17, 15) is 30.8 Å². The van der Waals surface area contributed by atoms with E-state index in [1.54, 1.807) is 24.4 Å². The van der Waals surface area contributed by atoms with Crippen LogP contribution in [0.4, 0.5) is 17.6 Å². The normalized spacial score (nSPS) is 13.8. The zero-order chi connectivity index (χ0) is 25.9. The van der Waals surface area contributed by atoms with Crippen LogP contribution in [0.1, 0.15) is 28.8 Å². The van der Waals surface area contributed by atoms with Gasteiger partial charge in [0, 0.05) is 29.5 Å². The fraction of sp³-hybridized carbons (Fsp3) is 0.250. The first-order valence-corrected chi connectivity index (χ1v) is 12.2. The highest BCUT2D eigenvalue weighted by molar-refractivity contribution is 7.90. The van der Waals surface area contributed by atoms with Gasteiger partial charge in [-0.05, 0) is 60.2 Å². The van der Waals surface area contributed by atoms with E-state index >= 15 is 0 Å². The Morgan fingerprint density at radius 3 is 2.33 bits per heavy atom. The molecule has 1 aliphatic rings. The molecule has 0 bridgehead atoms. The van der Waals surface area contributed by atoms with Crippen LogP contribution >= 0.6 is 0 Å². The van der Waals surface area contributed by atoms with E-state index in [4.69, 9.17) is 9.47 Å². The fourth-order valence-corrected chi connectivity index (χ4v) is 3.57. The van der Waals surface area contributed by atoms with Crippen molar-refractivity contribution in [3.05, 3.63) is 77.7 Å². The fourth-order valence-electron chi connectivity index (χ4n) is 3.09.